The number of pyridine rings is 1. The fourth-order valence-electron chi connectivity index (χ4n) is 2.75. The summed E-state index contributed by atoms with van der Waals surface area (Å²) in [7, 11) is 1.51. The monoisotopic (exact) mass is 441 g/mol. The molecule has 3 rings (SSSR count). The Morgan fingerprint density at radius 3 is 2.58 bits per heavy atom. The van der Waals surface area contributed by atoms with Gasteiger partial charge in [-0.2, -0.15) is 10.2 Å². The Morgan fingerprint density at radius 1 is 1.12 bits per heavy atom. The molecule has 0 spiro atoms. The minimum atomic E-state index is -0.533. The number of aromatic nitrogens is 3. The number of hydrogen-bond acceptors (Lipinski definition) is 8. The van der Waals surface area contributed by atoms with Crippen molar-refractivity contribution in [1.82, 2.24) is 15.0 Å². The number of benzene rings is 1. The molecule has 0 aliphatic carbocycles. The quantitative estimate of drug-likeness (QED) is 0.508. The number of amides is 2. The summed E-state index contributed by atoms with van der Waals surface area (Å²) in [4.78, 5) is 38.3. The predicted molar refractivity (Wildman–Crippen MR) is 123 cm³/mol. The van der Waals surface area contributed by atoms with Crippen molar-refractivity contribution in [2.45, 2.75) is 0 Å². The van der Waals surface area contributed by atoms with E-state index in [0.717, 1.165) is 12.2 Å². The summed E-state index contributed by atoms with van der Waals surface area (Å²) in [5.41, 5.74) is 1.41. The van der Waals surface area contributed by atoms with E-state index in [-0.39, 0.29) is 17.3 Å². The normalized spacial score (nSPS) is 9.82. The highest BCUT2D eigenvalue weighted by Crippen LogP contribution is 2.30. The standard InChI is InChI=1S/C23H19N7O3/c1-4-19(31)27-16-7-6-8-18(11-16)30(21(32)5-2)22-15(12-24)13-26-23(29-22)28-17-9-10-20(33-3)25-14-17/h4-11,13-14H,1-2H2,3H3,(H,27,31)(H,26,28,29). The van der Waals surface area contributed by atoms with Crippen LogP contribution >= 0.6 is 0 Å². The summed E-state index contributed by atoms with van der Waals surface area (Å²) in [5.74, 6) is -0.335. The molecule has 2 aromatic heterocycles. The van der Waals surface area contributed by atoms with Crippen LogP contribution in [0.5, 0.6) is 5.88 Å². The number of nitrogens with zero attached hydrogens (tertiary/aromatic N) is 5. The second kappa shape index (κ2) is 10.3. The summed E-state index contributed by atoms with van der Waals surface area (Å²) in [6.45, 7) is 6.96. The Hall–Kier alpha value is -5.04. The first-order valence-corrected chi connectivity index (χ1v) is 9.53. The van der Waals surface area contributed by atoms with Gasteiger partial charge in [-0.25, -0.2) is 9.97 Å². The topological polar surface area (TPSA) is 133 Å². The lowest BCUT2D eigenvalue weighted by molar-refractivity contribution is -0.113. The van der Waals surface area contributed by atoms with Gasteiger partial charge < -0.3 is 15.4 Å². The van der Waals surface area contributed by atoms with E-state index in [2.05, 4.69) is 38.7 Å². The van der Waals surface area contributed by atoms with Crippen LogP contribution in [0, 0.1) is 11.3 Å². The van der Waals surface area contributed by atoms with E-state index >= 15 is 0 Å². The lowest BCUT2D eigenvalue weighted by Gasteiger charge is -2.22. The molecule has 164 valence electrons. The Bertz CT molecular complexity index is 1250. The number of nitriles is 1. The molecule has 1 aromatic carbocycles. The van der Waals surface area contributed by atoms with Crippen molar-refractivity contribution < 1.29 is 14.3 Å². The summed E-state index contributed by atoms with van der Waals surface area (Å²) in [6, 6.07) is 11.9. The summed E-state index contributed by atoms with van der Waals surface area (Å²) >= 11 is 0. The van der Waals surface area contributed by atoms with Gasteiger partial charge in [0.15, 0.2) is 5.82 Å². The van der Waals surface area contributed by atoms with Crippen LogP contribution in [0.4, 0.5) is 28.8 Å². The molecule has 0 aliphatic rings. The lowest BCUT2D eigenvalue weighted by atomic mass is 10.2. The first kappa shape index (κ1) is 22.6. The smallest absolute Gasteiger partial charge is 0.256 e. The van der Waals surface area contributed by atoms with Crippen LogP contribution in [0.2, 0.25) is 0 Å². The number of carbonyl (C=O) groups excluding carboxylic acids is 2. The summed E-state index contributed by atoms with van der Waals surface area (Å²) in [6.07, 6.45) is 5.05. The molecule has 0 saturated carbocycles. The van der Waals surface area contributed by atoms with Crippen LogP contribution in [0.15, 0.2) is 74.1 Å². The van der Waals surface area contributed by atoms with Gasteiger partial charge in [-0.15, -0.1) is 0 Å². The van der Waals surface area contributed by atoms with Gasteiger partial charge in [-0.1, -0.05) is 19.2 Å². The first-order valence-electron chi connectivity index (χ1n) is 9.53. The van der Waals surface area contributed by atoms with E-state index in [1.807, 2.05) is 6.07 Å². The van der Waals surface area contributed by atoms with Crippen molar-refractivity contribution in [3.8, 4) is 11.9 Å². The Labute approximate surface area is 189 Å². The molecule has 0 saturated heterocycles. The van der Waals surface area contributed by atoms with Crippen LogP contribution in [-0.4, -0.2) is 33.9 Å². The van der Waals surface area contributed by atoms with Crippen LogP contribution in [0.3, 0.4) is 0 Å². The van der Waals surface area contributed by atoms with Crippen LogP contribution < -0.4 is 20.3 Å². The maximum Gasteiger partial charge on any atom is 0.256 e. The van der Waals surface area contributed by atoms with Crippen molar-refractivity contribution in [2.75, 3.05) is 22.6 Å². The minimum absolute atomic E-state index is 0.0357. The molecule has 0 aliphatic heterocycles. The second-order valence-corrected chi connectivity index (χ2v) is 6.38. The minimum Gasteiger partial charge on any atom is -0.481 e. The number of nitrogens with one attached hydrogen (secondary N) is 2. The zero-order valence-corrected chi connectivity index (χ0v) is 17.6. The highest BCUT2D eigenvalue weighted by Gasteiger charge is 2.22. The van der Waals surface area contributed by atoms with Crippen molar-refractivity contribution in [3.05, 3.63) is 79.7 Å². The molecule has 0 unspecified atom stereocenters. The molecule has 33 heavy (non-hydrogen) atoms. The average Bonchev–Trinajstić information content (AvgIpc) is 2.85. The van der Waals surface area contributed by atoms with Gasteiger partial charge in [-0.3, -0.25) is 14.5 Å². The van der Waals surface area contributed by atoms with E-state index in [0.29, 0.717) is 22.9 Å². The SMILES string of the molecule is C=CC(=O)Nc1cccc(N(C(=O)C=C)c2nc(Nc3ccc(OC)nc3)ncc2C#N)c1. The molecule has 0 atom stereocenters. The number of ether oxygens (including phenoxy) is 1. The van der Waals surface area contributed by atoms with E-state index in [9.17, 15) is 14.9 Å². The molecule has 2 N–H and O–H groups in total. The van der Waals surface area contributed by atoms with E-state index in [1.165, 1.54) is 24.4 Å². The van der Waals surface area contributed by atoms with Crippen LogP contribution in [-0.2, 0) is 9.59 Å². The third kappa shape index (κ3) is 5.36. The predicted octanol–water partition coefficient (Wildman–Crippen LogP) is 3.47. The van der Waals surface area contributed by atoms with Gasteiger partial charge in [0.05, 0.1) is 30.9 Å². The van der Waals surface area contributed by atoms with Gasteiger partial charge in [0.25, 0.3) is 5.91 Å². The van der Waals surface area contributed by atoms with Gasteiger partial charge in [-0.05, 0) is 36.4 Å². The van der Waals surface area contributed by atoms with Gasteiger partial charge in [0.1, 0.15) is 11.6 Å². The van der Waals surface area contributed by atoms with Crippen molar-refractivity contribution in [3.63, 3.8) is 0 Å². The Morgan fingerprint density at radius 2 is 1.94 bits per heavy atom. The zero-order valence-electron chi connectivity index (χ0n) is 17.6. The fraction of sp³-hybridized carbons (Fsp3) is 0.0435. The molecule has 3 aromatic rings. The third-order valence-corrected chi connectivity index (χ3v) is 4.25. The molecule has 2 amide bonds. The fourth-order valence-corrected chi connectivity index (χ4v) is 2.75. The maximum atomic E-state index is 12.8. The van der Waals surface area contributed by atoms with Gasteiger partial charge in [0.2, 0.25) is 17.7 Å². The van der Waals surface area contributed by atoms with Crippen molar-refractivity contribution in [1.29, 1.82) is 5.26 Å². The third-order valence-electron chi connectivity index (χ3n) is 4.25. The van der Waals surface area contributed by atoms with Gasteiger partial charge >= 0.3 is 0 Å². The van der Waals surface area contributed by atoms with Gasteiger partial charge in [0, 0.05) is 11.8 Å². The highest BCUT2D eigenvalue weighted by atomic mass is 16.5. The Kier molecular flexibility index (Phi) is 7.08. The molecular formula is C23H19N7O3. The van der Waals surface area contributed by atoms with Crippen molar-refractivity contribution in [2.24, 2.45) is 0 Å². The van der Waals surface area contributed by atoms with E-state index in [1.54, 1.807) is 36.4 Å². The summed E-state index contributed by atoms with van der Waals surface area (Å²) in [5, 5.41) is 15.2. The van der Waals surface area contributed by atoms with E-state index < -0.39 is 11.8 Å². The first-order chi connectivity index (χ1) is 16.0. The molecule has 0 radical (unpaired) electrons. The maximum absolute atomic E-state index is 12.8. The van der Waals surface area contributed by atoms with Crippen LogP contribution in [0.1, 0.15) is 5.56 Å². The van der Waals surface area contributed by atoms with Crippen molar-refractivity contribution >= 4 is 40.6 Å². The molecule has 10 nitrogen and oxygen atoms in total. The highest BCUT2D eigenvalue weighted by molar-refractivity contribution is 6.07. The molecule has 2 heterocycles. The van der Waals surface area contributed by atoms with Crippen LogP contribution in [0.25, 0.3) is 0 Å². The molecule has 10 heteroatoms. The molecule has 0 bridgehead atoms. The second-order valence-electron chi connectivity index (χ2n) is 6.38. The number of anilines is 5. The lowest BCUT2D eigenvalue weighted by Crippen LogP contribution is -2.26. The number of rotatable bonds is 8. The molecule has 0 fully saturated rings. The van der Waals surface area contributed by atoms with E-state index in [4.69, 9.17) is 4.74 Å². The number of methoxy groups -OCH3 is 1. The number of hydrogen-bond donors (Lipinski definition) is 2. The Balaban J connectivity index is 2.04. The number of carbonyl (C=O) groups is 2. The summed E-state index contributed by atoms with van der Waals surface area (Å²) < 4.78 is 5.04. The molecular weight excluding hydrogens is 422 g/mol. The zero-order chi connectivity index (χ0) is 23.8. The largest absolute Gasteiger partial charge is 0.481 e. The average molecular weight is 441 g/mol.